The molecule has 31 heavy (non-hydrogen) atoms. The summed E-state index contributed by atoms with van der Waals surface area (Å²) in [4.78, 5) is 0. The summed E-state index contributed by atoms with van der Waals surface area (Å²) >= 11 is 0. The maximum Gasteiger partial charge on any atom is 0.409 e. The van der Waals surface area contributed by atoms with Crippen molar-refractivity contribution < 1.29 is 30.7 Å². The number of halogens is 7. The maximum absolute atomic E-state index is 14.4. The summed E-state index contributed by atoms with van der Waals surface area (Å²) in [6.07, 6.45) is -3.35. The van der Waals surface area contributed by atoms with Gasteiger partial charge in [0.1, 0.15) is 23.3 Å². The normalized spacial score (nSPS) is 12.0. The van der Waals surface area contributed by atoms with E-state index < -0.39 is 35.0 Å². The zero-order chi connectivity index (χ0) is 22.8. The maximum atomic E-state index is 14.4. The summed E-state index contributed by atoms with van der Waals surface area (Å²) in [5, 5.41) is 0. The molecule has 0 bridgehead atoms. The van der Waals surface area contributed by atoms with E-state index in [1.807, 2.05) is 6.92 Å². The van der Waals surface area contributed by atoms with Gasteiger partial charge in [0.25, 0.3) is 0 Å². The molecule has 0 fully saturated rings. The van der Waals surface area contributed by atoms with Crippen LogP contribution in [0.4, 0.5) is 30.7 Å². The predicted octanol–water partition coefficient (Wildman–Crippen LogP) is 8.11. The molecule has 0 saturated heterocycles. The lowest BCUT2D eigenvalue weighted by molar-refractivity contribution is -0.0790. The highest BCUT2D eigenvalue weighted by Gasteiger charge is 2.23. The SMILES string of the molecule is CCCc1cc(F)c(-c2ccc(-c3cc(F)c(C=CC(F)(F)F)c(F)c3)cc2)c(F)c1. The van der Waals surface area contributed by atoms with Crippen molar-refractivity contribution in [1.29, 1.82) is 0 Å². The second-order valence-electron chi connectivity index (χ2n) is 6.99. The van der Waals surface area contributed by atoms with Crippen LogP contribution in [0.2, 0.25) is 0 Å². The van der Waals surface area contributed by atoms with Crippen LogP contribution in [0.1, 0.15) is 24.5 Å². The third kappa shape index (κ3) is 5.34. The topological polar surface area (TPSA) is 0 Å². The molecule has 0 saturated carbocycles. The van der Waals surface area contributed by atoms with E-state index in [2.05, 4.69) is 0 Å². The molecule has 7 heteroatoms. The van der Waals surface area contributed by atoms with Crippen molar-refractivity contribution in [2.75, 3.05) is 0 Å². The van der Waals surface area contributed by atoms with Crippen molar-refractivity contribution in [2.45, 2.75) is 25.9 Å². The average Bonchev–Trinajstić information content (AvgIpc) is 2.66. The Bertz CT molecular complexity index is 1060. The first-order valence-corrected chi connectivity index (χ1v) is 9.42. The molecular weight excluding hydrogens is 421 g/mol. The highest BCUT2D eigenvalue weighted by molar-refractivity contribution is 5.72. The van der Waals surface area contributed by atoms with E-state index in [1.54, 1.807) is 0 Å². The fraction of sp³-hybridized carbons (Fsp3) is 0.167. The number of aryl methyl sites for hydroxylation is 1. The van der Waals surface area contributed by atoms with E-state index in [9.17, 15) is 30.7 Å². The summed E-state index contributed by atoms with van der Waals surface area (Å²) in [7, 11) is 0. The molecule has 0 nitrogen and oxygen atoms in total. The minimum absolute atomic E-state index is 0.0740. The molecule has 0 atom stereocenters. The predicted molar refractivity (Wildman–Crippen MR) is 106 cm³/mol. The Balaban J connectivity index is 1.93. The Morgan fingerprint density at radius 2 is 1.23 bits per heavy atom. The molecule has 0 radical (unpaired) electrons. The van der Waals surface area contributed by atoms with Crippen molar-refractivity contribution in [3.05, 3.63) is 89.0 Å². The van der Waals surface area contributed by atoms with Gasteiger partial charge in [-0.2, -0.15) is 13.2 Å². The van der Waals surface area contributed by atoms with Crippen LogP contribution in [0.15, 0.2) is 54.6 Å². The molecule has 3 aromatic carbocycles. The molecule has 0 N–H and O–H groups in total. The standard InChI is InChI=1S/C24H17F7/c1-2-3-14-10-21(27)23(22(28)11-14)16-6-4-15(5-7-16)17-12-19(25)18(20(26)13-17)8-9-24(29,30)31/h4-13H,2-3H2,1H3. The van der Waals surface area contributed by atoms with Crippen molar-refractivity contribution >= 4 is 6.08 Å². The van der Waals surface area contributed by atoms with Crippen molar-refractivity contribution in [2.24, 2.45) is 0 Å². The summed E-state index contributed by atoms with van der Waals surface area (Å²) < 4.78 is 94.0. The van der Waals surface area contributed by atoms with Gasteiger partial charge in [0, 0.05) is 11.6 Å². The lowest BCUT2D eigenvalue weighted by Crippen LogP contribution is -2.01. The van der Waals surface area contributed by atoms with Gasteiger partial charge in [-0.1, -0.05) is 37.6 Å². The number of hydrogen-bond donors (Lipinski definition) is 0. The third-order valence-electron chi connectivity index (χ3n) is 4.67. The van der Waals surface area contributed by atoms with Gasteiger partial charge in [-0.15, -0.1) is 0 Å². The van der Waals surface area contributed by atoms with Crippen molar-refractivity contribution in [3.8, 4) is 22.3 Å². The van der Waals surface area contributed by atoms with Crippen LogP contribution in [-0.4, -0.2) is 6.18 Å². The molecule has 0 aliphatic carbocycles. The summed E-state index contributed by atoms with van der Waals surface area (Å²) in [6, 6.07) is 10.00. The Kier molecular flexibility index (Phi) is 6.53. The zero-order valence-electron chi connectivity index (χ0n) is 16.3. The third-order valence-corrected chi connectivity index (χ3v) is 4.67. The van der Waals surface area contributed by atoms with Gasteiger partial charge in [0.05, 0.1) is 5.56 Å². The Hall–Kier alpha value is -3.09. The van der Waals surface area contributed by atoms with Gasteiger partial charge in [0.15, 0.2) is 0 Å². The van der Waals surface area contributed by atoms with Gasteiger partial charge in [-0.25, -0.2) is 17.6 Å². The molecule has 0 aromatic heterocycles. The second-order valence-corrected chi connectivity index (χ2v) is 6.99. The van der Waals surface area contributed by atoms with Gasteiger partial charge < -0.3 is 0 Å². The number of hydrogen-bond acceptors (Lipinski definition) is 0. The van der Waals surface area contributed by atoms with E-state index in [1.165, 1.54) is 36.4 Å². The molecular formula is C24H17F7. The van der Waals surface area contributed by atoms with Gasteiger partial charge in [0.2, 0.25) is 0 Å². The highest BCUT2D eigenvalue weighted by Crippen LogP contribution is 2.31. The van der Waals surface area contributed by atoms with Crippen LogP contribution in [0.3, 0.4) is 0 Å². The van der Waals surface area contributed by atoms with E-state index in [4.69, 9.17) is 0 Å². The van der Waals surface area contributed by atoms with E-state index in [-0.39, 0.29) is 22.8 Å². The van der Waals surface area contributed by atoms with Crippen LogP contribution in [0.5, 0.6) is 0 Å². The van der Waals surface area contributed by atoms with E-state index in [0.29, 0.717) is 23.6 Å². The number of benzene rings is 3. The molecule has 3 rings (SSSR count). The van der Waals surface area contributed by atoms with Crippen molar-refractivity contribution in [1.82, 2.24) is 0 Å². The summed E-state index contributed by atoms with van der Waals surface area (Å²) in [5.74, 6) is -3.76. The first-order valence-electron chi connectivity index (χ1n) is 9.42. The lowest BCUT2D eigenvalue weighted by atomic mass is 9.97. The lowest BCUT2D eigenvalue weighted by Gasteiger charge is -2.10. The highest BCUT2D eigenvalue weighted by atomic mass is 19.4. The number of allylic oxidation sites excluding steroid dienone is 1. The first-order chi connectivity index (χ1) is 14.6. The fourth-order valence-corrected chi connectivity index (χ4v) is 3.25. The van der Waals surface area contributed by atoms with Crippen LogP contribution in [0.25, 0.3) is 28.3 Å². The van der Waals surface area contributed by atoms with Crippen LogP contribution in [-0.2, 0) is 6.42 Å². The molecule has 0 unspecified atom stereocenters. The largest absolute Gasteiger partial charge is 0.409 e. The van der Waals surface area contributed by atoms with Crippen molar-refractivity contribution in [3.63, 3.8) is 0 Å². The monoisotopic (exact) mass is 438 g/mol. The average molecular weight is 438 g/mol. The quantitative estimate of drug-likeness (QED) is 0.353. The summed E-state index contributed by atoms with van der Waals surface area (Å²) in [6.45, 7) is 1.90. The van der Waals surface area contributed by atoms with Gasteiger partial charge >= 0.3 is 6.18 Å². The number of rotatable bonds is 5. The Morgan fingerprint density at radius 1 is 0.710 bits per heavy atom. The van der Waals surface area contributed by atoms with E-state index in [0.717, 1.165) is 18.6 Å². The van der Waals surface area contributed by atoms with E-state index >= 15 is 0 Å². The zero-order valence-corrected chi connectivity index (χ0v) is 16.3. The van der Waals surface area contributed by atoms with Gasteiger partial charge in [-0.05, 0) is 59.0 Å². The Morgan fingerprint density at radius 3 is 1.71 bits per heavy atom. The minimum Gasteiger partial charge on any atom is -0.206 e. The molecule has 3 aromatic rings. The minimum atomic E-state index is -4.70. The van der Waals surface area contributed by atoms with Gasteiger partial charge in [-0.3, -0.25) is 0 Å². The molecule has 0 aliphatic heterocycles. The number of alkyl halides is 3. The van der Waals surface area contributed by atoms with Crippen LogP contribution >= 0.6 is 0 Å². The first kappa shape index (κ1) is 22.6. The summed E-state index contributed by atoms with van der Waals surface area (Å²) in [5.41, 5.74) is 0.169. The molecule has 0 amide bonds. The Labute approximate surface area is 174 Å². The molecule has 162 valence electrons. The molecule has 0 spiro atoms. The fourth-order valence-electron chi connectivity index (χ4n) is 3.25. The smallest absolute Gasteiger partial charge is 0.206 e. The van der Waals surface area contributed by atoms with Crippen LogP contribution < -0.4 is 0 Å². The second kappa shape index (κ2) is 8.96. The molecule has 0 aliphatic rings. The molecule has 0 heterocycles. The van der Waals surface area contributed by atoms with Crippen LogP contribution in [0, 0.1) is 23.3 Å².